The Morgan fingerprint density at radius 3 is 2.69 bits per heavy atom. The third-order valence-corrected chi connectivity index (χ3v) is 4.22. The number of aldehydes is 1. The monoisotopic (exact) mass is 222 g/mol. The molecule has 0 aromatic carbocycles. The van der Waals surface area contributed by atoms with Crippen LogP contribution in [-0.2, 0) is 4.79 Å². The van der Waals surface area contributed by atoms with Crippen LogP contribution in [0.4, 0.5) is 0 Å². The molecule has 0 N–H and O–H groups in total. The van der Waals surface area contributed by atoms with Crippen LogP contribution in [0.1, 0.15) is 53.4 Å². The standard InChI is InChI=1S/C15H26O/c1-5-15(3,4)10-13(11-16)14-9-7-6-8-12(14)2/h7,9,11-14H,5-6,8,10H2,1-4H3/t12?,13-,14?/m0/s1. The van der Waals surface area contributed by atoms with E-state index in [4.69, 9.17) is 0 Å². The van der Waals surface area contributed by atoms with Crippen molar-refractivity contribution >= 4 is 6.29 Å². The van der Waals surface area contributed by atoms with Crippen LogP contribution in [0, 0.1) is 23.2 Å². The minimum Gasteiger partial charge on any atom is -0.303 e. The molecule has 0 aromatic rings. The van der Waals surface area contributed by atoms with Gasteiger partial charge in [0.2, 0.25) is 0 Å². The van der Waals surface area contributed by atoms with Crippen LogP contribution in [0.5, 0.6) is 0 Å². The molecule has 92 valence electrons. The van der Waals surface area contributed by atoms with Gasteiger partial charge < -0.3 is 4.79 Å². The third-order valence-electron chi connectivity index (χ3n) is 4.22. The Labute approximate surface area is 100 Å². The number of carbonyl (C=O) groups excluding carboxylic acids is 1. The molecule has 0 bridgehead atoms. The van der Waals surface area contributed by atoms with Crippen molar-refractivity contribution in [2.75, 3.05) is 0 Å². The molecule has 0 fully saturated rings. The van der Waals surface area contributed by atoms with Gasteiger partial charge in [-0.15, -0.1) is 0 Å². The summed E-state index contributed by atoms with van der Waals surface area (Å²) in [5.41, 5.74) is 0.288. The van der Waals surface area contributed by atoms with Crippen molar-refractivity contribution in [2.24, 2.45) is 23.2 Å². The quantitative estimate of drug-likeness (QED) is 0.502. The molecule has 0 saturated carbocycles. The fourth-order valence-electron chi connectivity index (χ4n) is 2.62. The Balaban J connectivity index is 2.70. The molecule has 1 nitrogen and oxygen atoms in total. The average Bonchev–Trinajstić information content (AvgIpc) is 2.27. The number of allylic oxidation sites excluding steroid dienone is 2. The summed E-state index contributed by atoms with van der Waals surface area (Å²) in [5, 5.41) is 0. The first-order chi connectivity index (χ1) is 7.50. The zero-order valence-electron chi connectivity index (χ0n) is 11.2. The molecular weight excluding hydrogens is 196 g/mol. The topological polar surface area (TPSA) is 17.1 Å². The number of carbonyl (C=O) groups is 1. The SMILES string of the molecule is CCC(C)(C)C[C@@H](C=O)C1C=CCCC1C. The van der Waals surface area contributed by atoms with Gasteiger partial charge in [0.25, 0.3) is 0 Å². The lowest BCUT2D eigenvalue weighted by atomic mass is 9.71. The van der Waals surface area contributed by atoms with Gasteiger partial charge >= 0.3 is 0 Å². The summed E-state index contributed by atoms with van der Waals surface area (Å²) in [5.74, 6) is 1.34. The van der Waals surface area contributed by atoms with Crippen LogP contribution in [0.2, 0.25) is 0 Å². The van der Waals surface area contributed by atoms with Crippen LogP contribution >= 0.6 is 0 Å². The van der Waals surface area contributed by atoms with Crippen molar-refractivity contribution in [3.63, 3.8) is 0 Å². The van der Waals surface area contributed by atoms with Gasteiger partial charge in [0, 0.05) is 5.92 Å². The molecule has 2 unspecified atom stereocenters. The summed E-state index contributed by atoms with van der Waals surface area (Å²) in [6, 6.07) is 0. The first kappa shape index (κ1) is 13.5. The zero-order chi connectivity index (χ0) is 12.2. The fraction of sp³-hybridized carbons (Fsp3) is 0.800. The van der Waals surface area contributed by atoms with Crippen LogP contribution in [-0.4, -0.2) is 6.29 Å². The molecule has 1 aliphatic carbocycles. The first-order valence-electron chi connectivity index (χ1n) is 6.62. The molecule has 0 heterocycles. The molecule has 0 aliphatic heterocycles. The normalized spacial score (nSPS) is 27.8. The maximum absolute atomic E-state index is 11.3. The smallest absolute Gasteiger partial charge is 0.123 e. The minimum atomic E-state index is 0.210. The Bertz CT molecular complexity index is 252. The van der Waals surface area contributed by atoms with Gasteiger partial charge in [-0.1, -0.05) is 46.3 Å². The van der Waals surface area contributed by atoms with Gasteiger partial charge in [0.1, 0.15) is 6.29 Å². The first-order valence-corrected chi connectivity index (χ1v) is 6.62. The molecule has 0 saturated heterocycles. The molecule has 1 aliphatic rings. The Hall–Kier alpha value is -0.590. The van der Waals surface area contributed by atoms with Gasteiger partial charge in [-0.3, -0.25) is 0 Å². The van der Waals surface area contributed by atoms with E-state index in [1.54, 1.807) is 0 Å². The fourth-order valence-corrected chi connectivity index (χ4v) is 2.62. The second kappa shape index (κ2) is 5.65. The van der Waals surface area contributed by atoms with Crippen molar-refractivity contribution in [1.29, 1.82) is 0 Å². The summed E-state index contributed by atoms with van der Waals surface area (Å²) in [4.78, 5) is 11.3. The predicted octanol–water partition coefficient (Wildman–Crippen LogP) is 4.23. The van der Waals surface area contributed by atoms with Crippen molar-refractivity contribution in [3.8, 4) is 0 Å². The summed E-state index contributed by atoms with van der Waals surface area (Å²) in [6.45, 7) is 9.02. The molecule has 1 rings (SSSR count). The van der Waals surface area contributed by atoms with Gasteiger partial charge in [-0.2, -0.15) is 0 Å². The largest absolute Gasteiger partial charge is 0.303 e. The second-order valence-electron chi connectivity index (χ2n) is 6.08. The van der Waals surface area contributed by atoms with Crippen molar-refractivity contribution < 1.29 is 4.79 Å². The summed E-state index contributed by atoms with van der Waals surface area (Å²) < 4.78 is 0. The average molecular weight is 222 g/mol. The van der Waals surface area contributed by atoms with Gasteiger partial charge in [0.15, 0.2) is 0 Å². The van der Waals surface area contributed by atoms with Crippen LogP contribution in [0.3, 0.4) is 0 Å². The highest BCUT2D eigenvalue weighted by atomic mass is 16.1. The number of hydrogen-bond donors (Lipinski definition) is 0. The van der Waals surface area contributed by atoms with Crippen molar-refractivity contribution in [1.82, 2.24) is 0 Å². The van der Waals surface area contributed by atoms with E-state index in [1.807, 2.05) is 0 Å². The van der Waals surface area contributed by atoms with Crippen molar-refractivity contribution in [3.05, 3.63) is 12.2 Å². The molecular formula is C15H26O. The van der Waals surface area contributed by atoms with E-state index >= 15 is 0 Å². The van der Waals surface area contributed by atoms with E-state index in [0.29, 0.717) is 11.8 Å². The Morgan fingerprint density at radius 2 is 2.19 bits per heavy atom. The summed E-state index contributed by atoms with van der Waals surface area (Å²) in [6.07, 6.45) is 10.3. The maximum Gasteiger partial charge on any atom is 0.123 e. The van der Waals surface area contributed by atoms with Gasteiger partial charge in [0.05, 0.1) is 0 Å². The highest BCUT2D eigenvalue weighted by Crippen LogP contribution is 2.37. The molecule has 0 amide bonds. The Kier molecular flexibility index (Phi) is 4.76. The lowest BCUT2D eigenvalue weighted by Gasteiger charge is -2.33. The van der Waals surface area contributed by atoms with E-state index in [-0.39, 0.29) is 11.3 Å². The van der Waals surface area contributed by atoms with Crippen LogP contribution in [0.15, 0.2) is 12.2 Å². The maximum atomic E-state index is 11.3. The zero-order valence-corrected chi connectivity index (χ0v) is 11.2. The van der Waals surface area contributed by atoms with Crippen LogP contribution < -0.4 is 0 Å². The van der Waals surface area contributed by atoms with Crippen LogP contribution in [0.25, 0.3) is 0 Å². The molecule has 0 radical (unpaired) electrons. The molecule has 1 heteroatoms. The number of rotatable bonds is 5. The Morgan fingerprint density at radius 1 is 1.50 bits per heavy atom. The molecule has 0 spiro atoms. The molecule has 0 aromatic heterocycles. The highest BCUT2D eigenvalue weighted by Gasteiger charge is 2.30. The number of hydrogen-bond acceptors (Lipinski definition) is 1. The highest BCUT2D eigenvalue weighted by molar-refractivity contribution is 5.55. The third kappa shape index (κ3) is 3.47. The lowest BCUT2D eigenvalue weighted by molar-refractivity contribution is -0.113. The minimum absolute atomic E-state index is 0.210. The van der Waals surface area contributed by atoms with E-state index in [0.717, 1.165) is 12.8 Å². The van der Waals surface area contributed by atoms with E-state index in [1.165, 1.54) is 19.1 Å². The van der Waals surface area contributed by atoms with Gasteiger partial charge in [-0.25, -0.2) is 0 Å². The van der Waals surface area contributed by atoms with E-state index in [9.17, 15) is 4.79 Å². The van der Waals surface area contributed by atoms with Crippen molar-refractivity contribution in [2.45, 2.75) is 53.4 Å². The second-order valence-corrected chi connectivity index (χ2v) is 6.08. The van der Waals surface area contributed by atoms with Gasteiger partial charge in [-0.05, 0) is 36.5 Å². The summed E-state index contributed by atoms with van der Waals surface area (Å²) >= 11 is 0. The predicted molar refractivity (Wildman–Crippen MR) is 69.3 cm³/mol. The summed E-state index contributed by atoms with van der Waals surface area (Å²) in [7, 11) is 0. The van der Waals surface area contributed by atoms with E-state index < -0.39 is 0 Å². The lowest BCUT2D eigenvalue weighted by Crippen LogP contribution is -2.28. The molecule has 3 atom stereocenters. The van der Waals surface area contributed by atoms with E-state index in [2.05, 4.69) is 39.8 Å². The molecule has 16 heavy (non-hydrogen) atoms.